The van der Waals surface area contributed by atoms with Crippen LogP contribution in [0.2, 0.25) is 0 Å². The van der Waals surface area contributed by atoms with Crippen molar-refractivity contribution in [2.45, 2.75) is 33.1 Å². The number of fused-ring (bicyclic) bond motifs is 1. The minimum atomic E-state index is -0.343. The monoisotopic (exact) mass is 402 g/mol. The van der Waals surface area contributed by atoms with Gasteiger partial charge in [0, 0.05) is 10.4 Å². The molecule has 1 atom stereocenters. The Labute approximate surface area is 168 Å². The van der Waals surface area contributed by atoms with Crippen molar-refractivity contribution >= 4 is 45.5 Å². The molecule has 5 nitrogen and oxygen atoms in total. The summed E-state index contributed by atoms with van der Waals surface area (Å²) in [4.78, 5) is 26.0. The minimum absolute atomic E-state index is 0.168. The fraction of sp³-hybridized carbons (Fsp3) is 0.350. The average molecular weight is 403 g/mol. The van der Waals surface area contributed by atoms with E-state index in [2.05, 4.69) is 17.6 Å². The molecule has 1 aromatic heterocycles. The van der Waals surface area contributed by atoms with Crippen molar-refractivity contribution in [2.75, 3.05) is 11.9 Å². The van der Waals surface area contributed by atoms with E-state index in [9.17, 15) is 9.59 Å². The number of carbonyl (C=O) groups is 2. The van der Waals surface area contributed by atoms with Crippen molar-refractivity contribution in [3.05, 3.63) is 51.9 Å². The van der Waals surface area contributed by atoms with E-state index in [0.29, 0.717) is 28.7 Å². The van der Waals surface area contributed by atoms with Crippen LogP contribution in [0.5, 0.6) is 0 Å². The Bertz CT molecular complexity index is 862. The molecule has 2 aromatic rings. The molecule has 1 aliphatic carbocycles. The molecule has 1 aromatic carbocycles. The first-order valence-electron chi connectivity index (χ1n) is 8.98. The molecule has 1 aliphatic rings. The second-order valence-corrected chi connectivity index (χ2v) is 8.06. The van der Waals surface area contributed by atoms with Crippen molar-refractivity contribution in [3.63, 3.8) is 0 Å². The predicted molar refractivity (Wildman–Crippen MR) is 112 cm³/mol. The van der Waals surface area contributed by atoms with Crippen LogP contribution in [0, 0.1) is 5.92 Å². The van der Waals surface area contributed by atoms with Gasteiger partial charge in [0.25, 0.3) is 5.91 Å². The molecule has 0 radical (unpaired) electrons. The molecule has 1 unspecified atom stereocenters. The number of benzene rings is 1. The predicted octanol–water partition coefficient (Wildman–Crippen LogP) is 4.18. The van der Waals surface area contributed by atoms with Crippen LogP contribution < -0.4 is 10.6 Å². The Morgan fingerprint density at radius 1 is 1.30 bits per heavy atom. The summed E-state index contributed by atoms with van der Waals surface area (Å²) in [5.74, 6) is -0.0475. The van der Waals surface area contributed by atoms with Gasteiger partial charge >= 0.3 is 5.97 Å². The summed E-state index contributed by atoms with van der Waals surface area (Å²) in [6, 6.07) is 8.86. The quantitative estimate of drug-likeness (QED) is 0.593. The number of thiophene rings is 1. The largest absolute Gasteiger partial charge is 0.462 e. The zero-order valence-corrected chi connectivity index (χ0v) is 17.0. The van der Waals surface area contributed by atoms with Gasteiger partial charge in [0.05, 0.1) is 12.2 Å². The zero-order valence-electron chi connectivity index (χ0n) is 15.3. The summed E-state index contributed by atoms with van der Waals surface area (Å²) in [5.41, 5.74) is 2.13. The number of nitrogens with one attached hydrogen (secondary N) is 2. The van der Waals surface area contributed by atoms with Crippen LogP contribution in [0.1, 0.15) is 51.4 Å². The Morgan fingerprint density at radius 3 is 2.74 bits per heavy atom. The number of hydrogen-bond donors (Lipinski definition) is 2. The highest BCUT2D eigenvalue weighted by Crippen LogP contribution is 2.40. The molecule has 0 saturated carbocycles. The normalized spacial score (nSPS) is 15.6. The van der Waals surface area contributed by atoms with Gasteiger partial charge in [-0.2, -0.15) is 0 Å². The Balaban J connectivity index is 1.80. The fourth-order valence-corrected chi connectivity index (χ4v) is 4.82. The third kappa shape index (κ3) is 4.54. The van der Waals surface area contributed by atoms with E-state index in [-0.39, 0.29) is 17.0 Å². The van der Waals surface area contributed by atoms with Crippen LogP contribution in [0.15, 0.2) is 30.3 Å². The lowest BCUT2D eigenvalue weighted by atomic mass is 9.88. The van der Waals surface area contributed by atoms with E-state index >= 15 is 0 Å². The van der Waals surface area contributed by atoms with Crippen LogP contribution in [0.4, 0.5) is 5.00 Å². The molecule has 2 N–H and O–H groups in total. The van der Waals surface area contributed by atoms with Gasteiger partial charge in [-0.3, -0.25) is 10.1 Å². The van der Waals surface area contributed by atoms with Crippen molar-refractivity contribution in [1.29, 1.82) is 0 Å². The smallest absolute Gasteiger partial charge is 0.341 e. The molecule has 0 saturated heterocycles. The SMILES string of the molecule is CCOC(=O)c1c(NC(=S)NC(=O)c2ccccc2)sc2c1CCC(C)C2. The summed E-state index contributed by atoms with van der Waals surface area (Å²) >= 11 is 6.82. The van der Waals surface area contributed by atoms with Crippen LogP contribution >= 0.6 is 23.6 Å². The van der Waals surface area contributed by atoms with E-state index in [4.69, 9.17) is 17.0 Å². The topological polar surface area (TPSA) is 67.4 Å². The number of thiocarbonyl (C=S) groups is 1. The van der Waals surface area contributed by atoms with Gasteiger partial charge in [-0.25, -0.2) is 4.79 Å². The van der Waals surface area contributed by atoms with E-state index in [1.807, 2.05) is 6.07 Å². The lowest BCUT2D eigenvalue weighted by Gasteiger charge is -2.18. The van der Waals surface area contributed by atoms with Crippen molar-refractivity contribution in [1.82, 2.24) is 5.32 Å². The van der Waals surface area contributed by atoms with Crippen LogP contribution in [-0.4, -0.2) is 23.6 Å². The number of hydrogen-bond acceptors (Lipinski definition) is 5. The highest BCUT2D eigenvalue weighted by atomic mass is 32.1. The highest BCUT2D eigenvalue weighted by molar-refractivity contribution is 7.80. The Morgan fingerprint density at radius 2 is 2.04 bits per heavy atom. The molecule has 142 valence electrons. The third-order valence-corrected chi connectivity index (χ3v) is 5.86. The van der Waals surface area contributed by atoms with Gasteiger partial charge < -0.3 is 10.1 Å². The molecule has 0 aliphatic heterocycles. The maximum Gasteiger partial charge on any atom is 0.341 e. The van der Waals surface area contributed by atoms with E-state index < -0.39 is 0 Å². The molecule has 1 heterocycles. The van der Waals surface area contributed by atoms with E-state index in [0.717, 1.165) is 24.8 Å². The maximum absolute atomic E-state index is 12.5. The molecule has 7 heteroatoms. The third-order valence-electron chi connectivity index (χ3n) is 4.48. The van der Waals surface area contributed by atoms with Crippen molar-refractivity contribution < 1.29 is 14.3 Å². The molecule has 1 amide bonds. The Kier molecular flexibility index (Phi) is 6.23. The second kappa shape index (κ2) is 8.63. The lowest BCUT2D eigenvalue weighted by Crippen LogP contribution is -2.34. The fourth-order valence-electron chi connectivity index (χ4n) is 3.16. The summed E-state index contributed by atoms with van der Waals surface area (Å²) in [7, 11) is 0. The molecule has 0 spiro atoms. The van der Waals surface area contributed by atoms with Gasteiger partial charge in [0.15, 0.2) is 5.11 Å². The summed E-state index contributed by atoms with van der Waals surface area (Å²) in [6.07, 6.45) is 2.84. The number of rotatable bonds is 4. The molecule has 0 bridgehead atoms. The average Bonchev–Trinajstić information content (AvgIpc) is 2.99. The van der Waals surface area contributed by atoms with Gasteiger partial charge in [-0.1, -0.05) is 25.1 Å². The molecular formula is C20H22N2O3S2. The highest BCUT2D eigenvalue weighted by Gasteiger charge is 2.28. The minimum Gasteiger partial charge on any atom is -0.462 e. The standard InChI is InChI=1S/C20H22N2O3S2/c1-3-25-19(24)16-14-10-9-12(2)11-15(14)27-18(16)22-20(26)21-17(23)13-7-5-4-6-8-13/h4-8,12H,3,9-11H2,1-2H3,(H2,21,22,23,26). The first-order chi connectivity index (χ1) is 13.0. The summed E-state index contributed by atoms with van der Waals surface area (Å²) in [6.45, 7) is 4.32. The number of anilines is 1. The number of amides is 1. The second-order valence-electron chi connectivity index (χ2n) is 6.55. The van der Waals surface area contributed by atoms with Gasteiger partial charge in [-0.05, 0) is 62.0 Å². The molecule has 0 fully saturated rings. The zero-order chi connectivity index (χ0) is 19.4. The molecule has 3 rings (SSSR count). The number of carbonyl (C=O) groups excluding carboxylic acids is 2. The molecule has 27 heavy (non-hydrogen) atoms. The van der Waals surface area contributed by atoms with E-state index in [1.54, 1.807) is 31.2 Å². The van der Waals surface area contributed by atoms with Crippen LogP contribution in [0.3, 0.4) is 0 Å². The van der Waals surface area contributed by atoms with E-state index in [1.165, 1.54) is 16.2 Å². The lowest BCUT2D eigenvalue weighted by molar-refractivity contribution is 0.0526. The summed E-state index contributed by atoms with van der Waals surface area (Å²) < 4.78 is 5.25. The van der Waals surface area contributed by atoms with Gasteiger partial charge in [-0.15, -0.1) is 11.3 Å². The first kappa shape index (κ1) is 19.5. The Hall–Kier alpha value is -2.25. The van der Waals surface area contributed by atoms with Gasteiger partial charge in [0.1, 0.15) is 5.00 Å². The van der Waals surface area contributed by atoms with Gasteiger partial charge in [0.2, 0.25) is 0 Å². The first-order valence-corrected chi connectivity index (χ1v) is 10.2. The van der Waals surface area contributed by atoms with Crippen LogP contribution in [0.25, 0.3) is 0 Å². The number of ether oxygens (including phenoxy) is 1. The molecular weight excluding hydrogens is 380 g/mol. The number of esters is 1. The maximum atomic E-state index is 12.5. The van der Waals surface area contributed by atoms with Crippen molar-refractivity contribution in [2.24, 2.45) is 5.92 Å². The summed E-state index contributed by atoms with van der Waals surface area (Å²) in [5, 5.41) is 6.52. The van der Waals surface area contributed by atoms with Crippen molar-refractivity contribution in [3.8, 4) is 0 Å². The van der Waals surface area contributed by atoms with Crippen LogP contribution in [-0.2, 0) is 17.6 Å².